The Hall–Kier alpha value is -0.490. The van der Waals surface area contributed by atoms with Gasteiger partial charge < -0.3 is 10.6 Å². The SMILES string of the molecule is CC1CCCN(C(N)=NCc2cccc(Cl)c2)C1.I. The van der Waals surface area contributed by atoms with Crippen molar-refractivity contribution >= 4 is 41.5 Å². The van der Waals surface area contributed by atoms with E-state index in [0.29, 0.717) is 18.4 Å². The highest BCUT2D eigenvalue weighted by atomic mass is 127. The third-order valence-electron chi connectivity index (χ3n) is 3.29. The molecule has 0 radical (unpaired) electrons. The monoisotopic (exact) mass is 393 g/mol. The Morgan fingerprint density at radius 3 is 3.00 bits per heavy atom. The van der Waals surface area contributed by atoms with Gasteiger partial charge in [0.2, 0.25) is 0 Å². The lowest BCUT2D eigenvalue weighted by atomic mass is 10.0. The Morgan fingerprint density at radius 1 is 1.53 bits per heavy atom. The largest absolute Gasteiger partial charge is 0.370 e. The van der Waals surface area contributed by atoms with Crippen molar-refractivity contribution in [2.45, 2.75) is 26.3 Å². The number of hydrogen-bond acceptors (Lipinski definition) is 1. The lowest BCUT2D eigenvalue weighted by molar-refractivity contribution is 0.270. The molecule has 5 heteroatoms. The summed E-state index contributed by atoms with van der Waals surface area (Å²) in [5.74, 6) is 1.36. The van der Waals surface area contributed by atoms with Gasteiger partial charge in [0, 0.05) is 18.1 Å². The van der Waals surface area contributed by atoms with Gasteiger partial charge in [-0.25, -0.2) is 4.99 Å². The summed E-state index contributed by atoms with van der Waals surface area (Å²) in [6.07, 6.45) is 2.49. The number of nitrogens with two attached hydrogens (primary N) is 1. The Balaban J connectivity index is 0.00000180. The van der Waals surface area contributed by atoms with Gasteiger partial charge in [0.05, 0.1) is 6.54 Å². The summed E-state index contributed by atoms with van der Waals surface area (Å²) in [6.45, 7) is 4.90. The van der Waals surface area contributed by atoms with E-state index in [1.807, 2.05) is 24.3 Å². The highest BCUT2D eigenvalue weighted by molar-refractivity contribution is 14.0. The first-order valence-corrected chi connectivity index (χ1v) is 6.82. The second-order valence-electron chi connectivity index (χ2n) is 5.00. The van der Waals surface area contributed by atoms with Crippen LogP contribution in [0.15, 0.2) is 29.3 Å². The normalized spacial score (nSPS) is 20.0. The fourth-order valence-electron chi connectivity index (χ4n) is 2.31. The van der Waals surface area contributed by atoms with Crippen LogP contribution in [0.25, 0.3) is 0 Å². The van der Waals surface area contributed by atoms with E-state index in [2.05, 4.69) is 16.8 Å². The number of rotatable bonds is 2. The van der Waals surface area contributed by atoms with E-state index in [1.165, 1.54) is 12.8 Å². The van der Waals surface area contributed by atoms with Gasteiger partial charge in [-0.1, -0.05) is 30.7 Å². The van der Waals surface area contributed by atoms with Crippen molar-refractivity contribution in [2.24, 2.45) is 16.6 Å². The van der Waals surface area contributed by atoms with Gasteiger partial charge in [-0.3, -0.25) is 0 Å². The van der Waals surface area contributed by atoms with E-state index in [9.17, 15) is 0 Å². The molecule has 0 aliphatic carbocycles. The van der Waals surface area contributed by atoms with Crippen LogP contribution in [0.5, 0.6) is 0 Å². The van der Waals surface area contributed by atoms with E-state index in [-0.39, 0.29) is 24.0 Å². The number of benzene rings is 1. The minimum absolute atomic E-state index is 0. The van der Waals surface area contributed by atoms with Crippen LogP contribution in [0.4, 0.5) is 0 Å². The van der Waals surface area contributed by atoms with E-state index < -0.39 is 0 Å². The molecule has 2 N–H and O–H groups in total. The molecule has 1 unspecified atom stereocenters. The summed E-state index contributed by atoms with van der Waals surface area (Å²) in [4.78, 5) is 6.63. The molecule has 1 aromatic carbocycles. The zero-order valence-electron chi connectivity index (χ0n) is 11.2. The molecule has 0 aromatic heterocycles. The molecule has 0 saturated carbocycles. The number of nitrogens with zero attached hydrogens (tertiary/aromatic N) is 2. The van der Waals surface area contributed by atoms with Gasteiger partial charge >= 0.3 is 0 Å². The maximum absolute atomic E-state index is 6.04. The first-order valence-electron chi connectivity index (χ1n) is 6.44. The number of aliphatic imine (C=N–C) groups is 1. The smallest absolute Gasteiger partial charge is 0.191 e. The lowest BCUT2D eigenvalue weighted by Crippen LogP contribution is -2.43. The predicted molar refractivity (Wildman–Crippen MR) is 92.2 cm³/mol. The summed E-state index contributed by atoms with van der Waals surface area (Å²) in [5.41, 5.74) is 7.13. The Morgan fingerprint density at radius 2 is 2.32 bits per heavy atom. The summed E-state index contributed by atoms with van der Waals surface area (Å²) in [7, 11) is 0. The van der Waals surface area contributed by atoms with Crippen molar-refractivity contribution in [3.05, 3.63) is 34.9 Å². The molecule has 0 amide bonds. The minimum Gasteiger partial charge on any atom is -0.370 e. The van der Waals surface area contributed by atoms with Crippen LogP contribution in [-0.2, 0) is 6.54 Å². The van der Waals surface area contributed by atoms with Crippen LogP contribution in [0, 0.1) is 5.92 Å². The second kappa shape index (κ2) is 7.94. The molecular weight excluding hydrogens is 373 g/mol. The molecular formula is C14H21ClIN3. The third-order valence-corrected chi connectivity index (χ3v) is 3.53. The summed E-state index contributed by atoms with van der Waals surface area (Å²) >= 11 is 5.94. The van der Waals surface area contributed by atoms with E-state index >= 15 is 0 Å². The van der Waals surface area contributed by atoms with Crippen molar-refractivity contribution in [3.63, 3.8) is 0 Å². The van der Waals surface area contributed by atoms with E-state index in [0.717, 1.165) is 23.7 Å². The van der Waals surface area contributed by atoms with Gasteiger partial charge in [-0.15, -0.1) is 24.0 Å². The first-order chi connectivity index (χ1) is 8.65. The summed E-state index contributed by atoms with van der Waals surface area (Å²) in [6, 6.07) is 7.75. The average Bonchev–Trinajstić information content (AvgIpc) is 2.36. The molecule has 1 atom stereocenters. The van der Waals surface area contributed by atoms with Crippen LogP contribution < -0.4 is 5.73 Å². The predicted octanol–water partition coefficient (Wildman–Crippen LogP) is 3.50. The van der Waals surface area contributed by atoms with Gasteiger partial charge in [-0.2, -0.15) is 0 Å². The number of piperidine rings is 1. The van der Waals surface area contributed by atoms with Crippen molar-refractivity contribution in [3.8, 4) is 0 Å². The van der Waals surface area contributed by atoms with Crippen LogP contribution >= 0.6 is 35.6 Å². The third kappa shape index (κ3) is 5.18. The van der Waals surface area contributed by atoms with Gasteiger partial charge in [0.1, 0.15) is 0 Å². The molecule has 1 aromatic rings. The summed E-state index contributed by atoms with van der Waals surface area (Å²) in [5, 5.41) is 0.743. The van der Waals surface area contributed by atoms with E-state index in [1.54, 1.807) is 0 Å². The Labute approximate surface area is 137 Å². The van der Waals surface area contributed by atoms with Gasteiger partial charge in [0.15, 0.2) is 5.96 Å². The zero-order chi connectivity index (χ0) is 13.0. The highest BCUT2D eigenvalue weighted by Gasteiger charge is 2.17. The highest BCUT2D eigenvalue weighted by Crippen LogP contribution is 2.15. The molecule has 1 saturated heterocycles. The maximum Gasteiger partial charge on any atom is 0.191 e. The van der Waals surface area contributed by atoms with Gasteiger partial charge in [0.25, 0.3) is 0 Å². The minimum atomic E-state index is 0. The fourth-order valence-corrected chi connectivity index (χ4v) is 2.52. The number of halogens is 2. The molecule has 19 heavy (non-hydrogen) atoms. The van der Waals surface area contributed by atoms with E-state index in [4.69, 9.17) is 17.3 Å². The number of likely N-dealkylation sites (tertiary alicyclic amines) is 1. The molecule has 1 heterocycles. The second-order valence-corrected chi connectivity index (χ2v) is 5.43. The van der Waals surface area contributed by atoms with Crippen molar-refractivity contribution < 1.29 is 0 Å². The molecule has 1 aliphatic rings. The van der Waals surface area contributed by atoms with Crippen LogP contribution in [0.1, 0.15) is 25.3 Å². The summed E-state index contributed by atoms with van der Waals surface area (Å²) < 4.78 is 0. The molecule has 0 spiro atoms. The van der Waals surface area contributed by atoms with Crippen molar-refractivity contribution in [2.75, 3.05) is 13.1 Å². The quantitative estimate of drug-likeness (QED) is 0.475. The molecule has 2 rings (SSSR count). The standard InChI is InChI=1S/C14H20ClN3.HI/c1-11-4-3-7-18(10-11)14(16)17-9-12-5-2-6-13(15)8-12;/h2,5-6,8,11H,3-4,7,9-10H2,1H3,(H2,16,17);1H. The first kappa shape index (κ1) is 16.6. The lowest BCUT2D eigenvalue weighted by Gasteiger charge is -2.31. The van der Waals surface area contributed by atoms with Crippen molar-refractivity contribution in [1.29, 1.82) is 0 Å². The Kier molecular flexibility index (Phi) is 6.93. The average molecular weight is 394 g/mol. The maximum atomic E-state index is 6.04. The fraction of sp³-hybridized carbons (Fsp3) is 0.500. The zero-order valence-corrected chi connectivity index (χ0v) is 14.3. The van der Waals surface area contributed by atoms with Crippen LogP contribution in [0.2, 0.25) is 5.02 Å². The topological polar surface area (TPSA) is 41.6 Å². The van der Waals surface area contributed by atoms with Crippen LogP contribution in [-0.4, -0.2) is 23.9 Å². The Bertz CT molecular complexity index is 436. The molecule has 3 nitrogen and oxygen atoms in total. The molecule has 106 valence electrons. The molecule has 0 bridgehead atoms. The number of hydrogen-bond donors (Lipinski definition) is 1. The van der Waals surface area contributed by atoms with Crippen molar-refractivity contribution in [1.82, 2.24) is 4.90 Å². The molecule has 1 aliphatic heterocycles. The number of guanidine groups is 1. The van der Waals surface area contributed by atoms with Crippen LogP contribution in [0.3, 0.4) is 0 Å². The van der Waals surface area contributed by atoms with Gasteiger partial charge in [-0.05, 0) is 36.5 Å². The molecule has 1 fully saturated rings.